The molecule has 31 heavy (non-hydrogen) atoms. The van der Waals surface area contributed by atoms with Crippen LogP contribution >= 0.6 is 11.6 Å². The Bertz CT molecular complexity index is 1220. The third kappa shape index (κ3) is 4.28. The van der Waals surface area contributed by atoms with Crippen LogP contribution in [0.1, 0.15) is 27.7 Å². The van der Waals surface area contributed by atoms with Crippen molar-refractivity contribution in [2.45, 2.75) is 13.0 Å². The van der Waals surface area contributed by atoms with Gasteiger partial charge in [0.15, 0.2) is 11.5 Å². The molecule has 4 rings (SSSR count). The molecule has 158 valence electrons. The lowest BCUT2D eigenvalue weighted by Gasteiger charge is -2.26. The summed E-state index contributed by atoms with van der Waals surface area (Å²) >= 11 is 6.37. The molecule has 0 aliphatic heterocycles. The molecule has 8 heteroatoms. The molecule has 1 N–H and O–H groups in total. The predicted molar refractivity (Wildman–Crippen MR) is 122 cm³/mol. The molecule has 3 aromatic heterocycles. The number of benzene rings is 1. The van der Waals surface area contributed by atoms with Crippen LogP contribution in [0.5, 0.6) is 0 Å². The molecule has 0 radical (unpaired) electrons. The lowest BCUT2D eigenvalue weighted by molar-refractivity contribution is 0.0941. The largest absolute Gasteiger partial charge is 0.350 e. The van der Waals surface area contributed by atoms with Crippen molar-refractivity contribution >= 4 is 28.5 Å². The van der Waals surface area contributed by atoms with Gasteiger partial charge < -0.3 is 10.2 Å². The summed E-state index contributed by atoms with van der Waals surface area (Å²) in [4.78, 5) is 23.7. The summed E-state index contributed by atoms with van der Waals surface area (Å²) in [6, 6.07) is 15.0. The summed E-state index contributed by atoms with van der Waals surface area (Å²) in [5, 5.41) is 9.05. The molecule has 0 fully saturated rings. The van der Waals surface area contributed by atoms with Crippen LogP contribution in [-0.4, -0.2) is 51.2 Å². The van der Waals surface area contributed by atoms with Crippen molar-refractivity contribution in [2.75, 3.05) is 20.6 Å². The fraction of sp³-hybridized carbons (Fsp3) is 0.217. The third-order valence-corrected chi connectivity index (χ3v) is 5.52. The van der Waals surface area contributed by atoms with Gasteiger partial charge >= 0.3 is 0 Å². The third-order valence-electron chi connectivity index (χ3n) is 5.18. The molecule has 0 saturated carbocycles. The summed E-state index contributed by atoms with van der Waals surface area (Å²) in [5.41, 5.74) is 2.89. The summed E-state index contributed by atoms with van der Waals surface area (Å²) in [7, 11) is 3.92. The minimum absolute atomic E-state index is 0.0528. The molecule has 4 aromatic rings. The molecule has 1 aromatic carbocycles. The maximum Gasteiger partial charge on any atom is 0.252 e. The Morgan fingerprint density at radius 3 is 2.65 bits per heavy atom. The van der Waals surface area contributed by atoms with Gasteiger partial charge in [-0.3, -0.25) is 4.79 Å². The van der Waals surface area contributed by atoms with E-state index in [1.807, 2.05) is 74.4 Å². The van der Waals surface area contributed by atoms with E-state index in [1.54, 1.807) is 17.1 Å². The van der Waals surface area contributed by atoms with Crippen LogP contribution in [-0.2, 0) is 0 Å². The van der Waals surface area contributed by atoms with Crippen molar-refractivity contribution < 1.29 is 4.79 Å². The second-order valence-corrected chi connectivity index (χ2v) is 7.90. The first-order chi connectivity index (χ1) is 15.0. The molecule has 0 aliphatic carbocycles. The van der Waals surface area contributed by atoms with Crippen molar-refractivity contribution in [3.8, 4) is 5.82 Å². The first-order valence-electron chi connectivity index (χ1n) is 9.91. The van der Waals surface area contributed by atoms with E-state index in [0.717, 1.165) is 16.6 Å². The van der Waals surface area contributed by atoms with Crippen LogP contribution in [0.3, 0.4) is 0 Å². The van der Waals surface area contributed by atoms with E-state index in [4.69, 9.17) is 11.6 Å². The molecule has 7 nitrogen and oxygen atoms in total. The van der Waals surface area contributed by atoms with Crippen LogP contribution in [0, 0.1) is 6.92 Å². The van der Waals surface area contributed by atoms with Crippen molar-refractivity contribution in [3.05, 3.63) is 82.8 Å². The van der Waals surface area contributed by atoms with E-state index in [2.05, 4.69) is 20.4 Å². The Labute approximate surface area is 185 Å². The van der Waals surface area contributed by atoms with Crippen molar-refractivity contribution in [1.82, 2.24) is 30.0 Å². The number of aryl methyl sites for hydroxylation is 1. The standard InChI is InChI=1S/C23H23ClN6O/c1-15-18-12-16(13-26-22(18)30(28-15)21-10-6-7-11-25-21)23(31)27-14-20(29(2)3)17-8-4-5-9-19(17)24/h4-13,20H,14H2,1-3H3,(H,27,31). The number of aromatic nitrogens is 4. The van der Waals surface area contributed by atoms with Crippen molar-refractivity contribution in [3.63, 3.8) is 0 Å². The minimum atomic E-state index is -0.196. The SMILES string of the molecule is Cc1nn(-c2ccccn2)c2ncc(C(=O)NCC(c3ccccc3Cl)N(C)C)cc12. The smallest absolute Gasteiger partial charge is 0.252 e. The van der Waals surface area contributed by atoms with Gasteiger partial charge in [0.25, 0.3) is 5.91 Å². The fourth-order valence-electron chi connectivity index (χ4n) is 3.51. The molecular formula is C23H23ClN6O. The van der Waals surface area contributed by atoms with Gasteiger partial charge in [-0.15, -0.1) is 0 Å². The second-order valence-electron chi connectivity index (χ2n) is 7.49. The average Bonchev–Trinajstić information content (AvgIpc) is 3.11. The number of nitrogens with zero attached hydrogens (tertiary/aromatic N) is 5. The summed E-state index contributed by atoms with van der Waals surface area (Å²) < 4.78 is 1.69. The number of rotatable bonds is 6. The maximum absolute atomic E-state index is 12.9. The van der Waals surface area contributed by atoms with Crippen molar-refractivity contribution in [2.24, 2.45) is 0 Å². The number of carbonyl (C=O) groups excluding carboxylic acids is 1. The lowest BCUT2D eigenvalue weighted by Crippen LogP contribution is -2.34. The summed E-state index contributed by atoms with van der Waals surface area (Å²) in [5.74, 6) is 0.483. The summed E-state index contributed by atoms with van der Waals surface area (Å²) in [6.45, 7) is 2.31. The van der Waals surface area contributed by atoms with E-state index in [0.29, 0.717) is 28.6 Å². The zero-order valence-corrected chi connectivity index (χ0v) is 18.3. The molecule has 1 unspecified atom stereocenters. The number of amides is 1. The molecule has 1 atom stereocenters. The number of pyridine rings is 2. The molecule has 0 spiro atoms. The number of carbonyl (C=O) groups is 1. The van der Waals surface area contributed by atoms with Crippen LogP contribution in [0.15, 0.2) is 60.9 Å². The Balaban J connectivity index is 1.57. The van der Waals surface area contributed by atoms with Gasteiger partial charge in [-0.1, -0.05) is 35.9 Å². The number of fused-ring (bicyclic) bond motifs is 1. The highest BCUT2D eigenvalue weighted by molar-refractivity contribution is 6.31. The molecule has 0 aliphatic rings. The van der Waals surface area contributed by atoms with Gasteiger partial charge in [0.05, 0.1) is 17.3 Å². The Hall–Kier alpha value is -3.29. The van der Waals surface area contributed by atoms with E-state index in [9.17, 15) is 4.79 Å². The number of likely N-dealkylation sites (N-methyl/N-ethyl adjacent to an activating group) is 1. The van der Waals surface area contributed by atoms with Gasteiger partial charge in [0.2, 0.25) is 0 Å². The van der Waals surface area contributed by atoms with E-state index < -0.39 is 0 Å². The van der Waals surface area contributed by atoms with Crippen LogP contribution in [0.25, 0.3) is 16.9 Å². The van der Waals surface area contributed by atoms with Gasteiger partial charge in [-0.2, -0.15) is 9.78 Å². The first kappa shape index (κ1) is 21.0. The van der Waals surface area contributed by atoms with E-state index >= 15 is 0 Å². The van der Waals surface area contributed by atoms with Gasteiger partial charge in [-0.05, 0) is 50.8 Å². The fourth-order valence-corrected chi connectivity index (χ4v) is 3.78. The van der Waals surface area contributed by atoms with Crippen molar-refractivity contribution in [1.29, 1.82) is 0 Å². The van der Waals surface area contributed by atoms with Crippen LogP contribution in [0.4, 0.5) is 0 Å². The predicted octanol–water partition coefficient (Wildman–Crippen LogP) is 3.81. The van der Waals surface area contributed by atoms with Crippen LogP contribution < -0.4 is 5.32 Å². The highest BCUT2D eigenvalue weighted by Crippen LogP contribution is 2.26. The Morgan fingerprint density at radius 1 is 1.16 bits per heavy atom. The molecular weight excluding hydrogens is 412 g/mol. The quantitative estimate of drug-likeness (QED) is 0.499. The minimum Gasteiger partial charge on any atom is -0.350 e. The molecule has 3 heterocycles. The Kier molecular flexibility index (Phi) is 5.97. The number of halogens is 1. The van der Waals surface area contributed by atoms with Crippen LogP contribution in [0.2, 0.25) is 5.02 Å². The topological polar surface area (TPSA) is 75.9 Å². The van der Waals surface area contributed by atoms with Gasteiger partial charge in [0, 0.05) is 29.3 Å². The highest BCUT2D eigenvalue weighted by Gasteiger charge is 2.19. The van der Waals surface area contributed by atoms with E-state index in [1.165, 1.54) is 0 Å². The maximum atomic E-state index is 12.9. The van der Waals surface area contributed by atoms with Gasteiger partial charge in [-0.25, -0.2) is 9.97 Å². The van der Waals surface area contributed by atoms with Gasteiger partial charge in [0.1, 0.15) is 0 Å². The zero-order valence-electron chi connectivity index (χ0n) is 17.6. The van der Waals surface area contributed by atoms with E-state index in [-0.39, 0.29) is 11.9 Å². The second kappa shape index (κ2) is 8.83. The molecule has 1 amide bonds. The Morgan fingerprint density at radius 2 is 1.94 bits per heavy atom. The number of hydrogen-bond acceptors (Lipinski definition) is 5. The highest BCUT2D eigenvalue weighted by atomic mass is 35.5. The zero-order chi connectivity index (χ0) is 22.0. The molecule has 0 saturated heterocycles. The first-order valence-corrected chi connectivity index (χ1v) is 10.3. The monoisotopic (exact) mass is 434 g/mol. The number of nitrogens with one attached hydrogen (secondary N) is 1. The normalized spacial score (nSPS) is 12.3. The lowest BCUT2D eigenvalue weighted by atomic mass is 10.1. The average molecular weight is 435 g/mol. The molecule has 0 bridgehead atoms. The summed E-state index contributed by atoms with van der Waals surface area (Å²) in [6.07, 6.45) is 3.28. The number of hydrogen-bond donors (Lipinski definition) is 1.